The van der Waals surface area contributed by atoms with Crippen molar-refractivity contribution in [3.05, 3.63) is 65.7 Å². The first-order valence-corrected chi connectivity index (χ1v) is 8.81. The van der Waals surface area contributed by atoms with Crippen molar-refractivity contribution in [3.8, 4) is 17.1 Å². The van der Waals surface area contributed by atoms with Crippen molar-refractivity contribution in [1.29, 1.82) is 0 Å². The van der Waals surface area contributed by atoms with Gasteiger partial charge in [0.05, 0.1) is 23.9 Å². The molecule has 2 N–H and O–H groups in total. The van der Waals surface area contributed by atoms with Crippen molar-refractivity contribution >= 4 is 17.4 Å². The Morgan fingerprint density at radius 3 is 1.81 bits per heavy atom. The summed E-state index contributed by atoms with van der Waals surface area (Å²) < 4.78 is 82.5. The number of anilines is 2. The smallest absolute Gasteiger partial charge is 0.416 e. The first-order chi connectivity index (χ1) is 15.0. The summed E-state index contributed by atoms with van der Waals surface area (Å²) in [5, 5.41) is 12.1. The lowest BCUT2D eigenvalue weighted by molar-refractivity contribution is -0.143. The minimum atomic E-state index is -5.02. The fourth-order valence-electron chi connectivity index (χ4n) is 2.63. The molecule has 0 spiro atoms. The summed E-state index contributed by atoms with van der Waals surface area (Å²) in [7, 11) is 1.44. The number of hydrogen-bond acceptors (Lipinski definition) is 4. The average Bonchev–Trinajstić information content (AvgIpc) is 2.73. The maximum Gasteiger partial charge on any atom is 0.416 e. The Balaban J connectivity index is 1.74. The average molecular weight is 456 g/mol. The molecule has 168 valence electrons. The highest BCUT2D eigenvalue weighted by molar-refractivity contribution is 6.00. The molecule has 32 heavy (non-hydrogen) atoms. The first-order valence-electron chi connectivity index (χ1n) is 8.81. The summed E-state index contributed by atoms with van der Waals surface area (Å²) in [5.74, 6) is 0.326. The number of carbonyl (C=O) groups excluding carboxylic acids is 1. The highest BCUT2D eigenvalue weighted by Crippen LogP contribution is 2.37. The van der Waals surface area contributed by atoms with E-state index in [-0.39, 0.29) is 11.8 Å². The van der Waals surface area contributed by atoms with Crippen LogP contribution in [0.15, 0.2) is 54.6 Å². The Morgan fingerprint density at radius 2 is 1.34 bits per heavy atom. The maximum atomic E-state index is 12.9. The molecule has 3 rings (SSSR count). The number of ether oxygens (including phenoxy) is 1. The van der Waals surface area contributed by atoms with Crippen LogP contribution in [0.5, 0.6) is 5.88 Å². The number of nitrogens with one attached hydrogen (secondary N) is 2. The molecular formula is C20H14F6N4O2. The van der Waals surface area contributed by atoms with Gasteiger partial charge in [-0.1, -0.05) is 12.1 Å². The number of urea groups is 1. The fraction of sp³-hybridized carbons (Fsp3) is 0.150. The summed E-state index contributed by atoms with van der Waals surface area (Å²) in [6, 6.07) is 9.21. The largest absolute Gasteiger partial charge is 0.480 e. The molecule has 0 aliphatic carbocycles. The summed E-state index contributed by atoms with van der Waals surface area (Å²) in [5.41, 5.74) is -2.31. The normalized spacial score (nSPS) is 11.7. The summed E-state index contributed by atoms with van der Waals surface area (Å²) >= 11 is 0. The molecule has 0 aliphatic heterocycles. The van der Waals surface area contributed by atoms with Gasteiger partial charge < -0.3 is 15.4 Å². The molecule has 0 radical (unpaired) electrons. The van der Waals surface area contributed by atoms with Crippen LogP contribution in [0.3, 0.4) is 0 Å². The first kappa shape index (κ1) is 22.8. The van der Waals surface area contributed by atoms with Crippen LogP contribution in [0.1, 0.15) is 11.1 Å². The molecule has 2 aromatic carbocycles. The van der Waals surface area contributed by atoms with E-state index in [1.165, 1.54) is 19.2 Å². The molecule has 0 aliphatic rings. The lowest BCUT2D eigenvalue weighted by Crippen LogP contribution is -2.20. The molecular weight excluding hydrogens is 442 g/mol. The van der Waals surface area contributed by atoms with Crippen LogP contribution in [0.2, 0.25) is 0 Å². The summed E-state index contributed by atoms with van der Waals surface area (Å²) in [4.78, 5) is 12.1. The van der Waals surface area contributed by atoms with Crippen LogP contribution in [0.4, 0.5) is 42.5 Å². The van der Waals surface area contributed by atoms with E-state index in [4.69, 9.17) is 4.74 Å². The van der Waals surface area contributed by atoms with E-state index in [1.54, 1.807) is 24.3 Å². The van der Waals surface area contributed by atoms with Gasteiger partial charge in [0.1, 0.15) is 0 Å². The van der Waals surface area contributed by atoms with Crippen LogP contribution >= 0.6 is 0 Å². The molecule has 0 fully saturated rings. The van der Waals surface area contributed by atoms with Crippen LogP contribution in [-0.4, -0.2) is 23.3 Å². The molecule has 3 aromatic rings. The minimum Gasteiger partial charge on any atom is -0.480 e. The third-order valence-electron chi connectivity index (χ3n) is 4.13. The molecule has 0 unspecified atom stereocenters. The fourth-order valence-corrected chi connectivity index (χ4v) is 2.63. The standard InChI is InChI=1S/C20H14F6N4O2/c1-32-17-7-6-16(29-30-17)11-2-4-14(5-3-11)27-18(31)28-15-9-12(19(21,22)23)8-13(10-15)20(24,25)26/h2-10H,1H3,(H2,27,28,31). The second kappa shape index (κ2) is 8.73. The van der Waals surface area contributed by atoms with Crippen LogP contribution in [0, 0.1) is 0 Å². The van der Waals surface area contributed by atoms with E-state index >= 15 is 0 Å². The van der Waals surface area contributed by atoms with E-state index < -0.39 is 35.2 Å². The van der Waals surface area contributed by atoms with Crippen molar-refractivity contribution in [2.45, 2.75) is 12.4 Å². The van der Waals surface area contributed by atoms with Gasteiger partial charge in [0.25, 0.3) is 0 Å². The number of nitrogens with zero attached hydrogens (tertiary/aromatic N) is 2. The number of methoxy groups -OCH3 is 1. The molecule has 0 atom stereocenters. The molecule has 1 heterocycles. The molecule has 0 bridgehead atoms. The van der Waals surface area contributed by atoms with E-state index in [2.05, 4.69) is 15.5 Å². The third kappa shape index (κ3) is 5.65. The van der Waals surface area contributed by atoms with Crippen molar-refractivity contribution in [1.82, 2.24) is 10.2 Å². The Hall–Kier alpha value is -3.83. The van der Waals surface area contributed by atoms with Gasteiger partial charge in [0, 0.05) is 23.0 Å². The van der Waals surface area contributed by atoms with E-state index in [9.17, 15) is 31.1 Å². The number of carbonyl (C=O) groups is 1. The highest BCUT2D eigenvalue weighted by Gasteiger charge is 2.37. The Morgan fingerprint density at radius 1 is 0.781 bits per heavy atom. The SMILES string of the molecule is COc1ccc(-c2ccc(NC(=O)Nc3cc(C(F)(F)F)cc(C(F)(F)F)c3)cc2)nn1. The van der Waals surface area contributed by atoms with Crippen molar-refractivity contribution in [2.75, 3.05) is 17.7 Å². The molecule has 6 nitrogen and oxygen atoms in total. The van der Waals surface area contributed by atoms with Gasteiger partial charge in [-0.15, -0.1) is 10.2 Å². The zero-order valence-corrected chi connectivity index (χ0v) is 16.2. The van der Waals surface area contributed by atoms with E-state index in [1.807, 2.05) is 5.32 Å². The van der Waals surface area contributed by atoms with Gasteiger partial charge in [-0.25, -0.2) is 4.79 Å². The number of benzene rings is 2. The zero-order chi connectivity index (χ0) is 23.5. The predicted octanol–water partition coefficient (Wildman–Crippen LogP) is 5.83. The van der Waals surface area contributed by atoms with Crippen LogP contribution in [0.25, 0.3) is 11.3 Å². The second-order valence-corrected chi connectivity index (χ2v) is 6.41. The summed E-state index contributed by atoms with van der Waals surface area (Å²) in [6.07, 6.45) is -10.0. The molecule has 2 amide bonds. The monoisotopic (exact) mass is 456 g/mol. The quantitative estimate of drug-likeness (QED) is 0.484. The maximum absolute atomic E-state index is 12.9. The Kier molecular flexibility index (Phi) is 6.23. The van der Waals surface area contributed by atoms with Gasteiger partial charge in [0.2, 0.25) is 5.88 Å². The van der Waals surface area contributed by atoms with Gasteiger partial charge in [0.15, 0.2) is 0 Å². The molecule has 0 saturated heterocycles. The van der Waals surface area contributed by atoms with Crippen LogP contribution < -0.4 is 15.4 Å². The van der Waals surface area contributed by atoms with Gasteiger partial charge in [-0.3, -0.25) is 0 Å². The summed E-state index contributed by atoms with van der Waals surface area (Å²) in [6.45, 7) is 0. The lowest BCUT2D eigenvalue weighted by atomic mass is 10.1. The second-order valence-electron chi connectivity index (χ2n) is 6.41. The number of halogens is 6. The van der Waals surface area contributed by atoms with Crippen LogP contribution in [-0.2, 0) is 12.4 Å². The van der Waals surface area contributed by atoms with Gasteiger partial charge >= 0.3 is 18.4 Å². The minimum absolute atomic E-state index is 0.0239. The van der Waals surface area contributed by atoms with Gasteiger partial charge in [-0.05, 0) is 36.4 Å². The highest BCUT2D eigenvalue weighted by atomic mass is 19.4. The zero-order valence-electron chi connectivity index (χ0n) is 16.2. The lowest BCUT2D eigenvalue weighted by Gasteiger charge is -2.15. The van der Waals surface area contributed by atoms with Crippen molar-refractivity contribution in [3.63, 3.8) is 0 Å². The topological polar surface area (TPSA) is 76.1 Å². The number of alkyl halides is 6. The number of hydrogen-bond donors (Lipinski definition) is 2. The molecule has 12 heteroatoms. The van der Waals surface area contributed by atoms with E-state index in [0.29, 0.717) is 29.3 Å². The number of aromatic nitrogens is 2. The number of rotatable bonds is 4. The molecule has 1 aromatic heterocycles. The van der Waals surface area contributed by atoms with Crippen molar-refractivity contribution in [2.24, 2.45) is 0 Å². The Labute approximate surface area is 177 Å². The van der Waals surface area contributed by atoms with Crippen molar-refractivity contribution < 1.29 is 35.9 Å². The predicted molar refractivity (Wildman–Crippen MR) is 103 cm³/mol. The number of amides is 2. The Bertz CT molecular complexity index is 1060. The third-order valence-corrected chi connectivity index (χ3v) is 4.13. The molecule has 0 saturated carbocycles. The van der Waals surface area contributed by atoms with Gasteiger partial charge in [-0.2, -0.15) is 26.3 Å². The van der Waals surface area contributed by atoms with E-state index in [0.717, 1.165) is 0 Å².